The zero-order valence-corrected chi connectivity index (χ0v) is 10.1. The van der Waals surface area contributed by atoms with Gasteiger partial charge in [0, 0.05) is 12.6 Å². The van der Waals surface area contributed by atoms with Gasteiger partial charge in [0.1, 0.15) is 0 Å². The van der Waals surface area contributed by atoms with Crippen LogP contribution < -0.4 is 0 Å². The summed E-state index contributed by atoms with van der Waals surface area (Å²) in [5.41, 5.74) is 0. The molecule has 0 aromatic rings. The molecular weight excluding hydrogens is 188 g/mol. The molecule has 0 bridgehead atoms. The van der Waals surface area contributed by atoms with E-state index in [-0.39, 0.29) is 5.91 Å². The number of rotatable bonds is 3. The lowest BCUT2D eigenvalue weighted by molar-refractivity contribution is -0.134. The quantitative estimate of drug-likeness (QED) is 0.521. The first kappa shape index (κ1) is 12.2. The highest BCUT2D eigenvalue weighted by Gasteiger charge is 2.26. The van der Waals surface area contributed by atoms with Crippen LogP contribution in [0.2, 0.25) is 0 Å². The molecule has 0 aromatic heterocycles. The molecule has 0 radical (unpaired) electrons. The van der Waals surface area contributed by atoms with Gasteiger partial charge in [-0.15, -0.1) is 0 Å². The van der Waals surface area contributed by atoms with E-state index >= 15 is 0 Å². The minimum Gasteiger partial charge on any atom is -0.273 e. The Bertz CT molecular complexity index is 230. The Kier molecular flexibility index (Phi) is 4.79. The average molecular weight is 210 g/mol. The van der Waals surface area contributed by atoms with Gasteiger partial charge in [-0.2, -0.15) is 5.10 Å². The van der Waals surface area contributed by atoms with Crippen molar-refractivity contribution in [1.82, 2.24) is 5.01 Å². The molecular formula is C12H22N2O. The van der Waals surface area contributed by atoms with E-state index in [1.807, 2.05) is 13.8 Å². The second-order valence-electron chi connectivity index (χ2n) is 4.38. The number of nitrogens with zero attached hydrogens (tertiary/aromatic N) is 2. The maximum atomic E-state index is 11.7. The fourth-order valence-corrected chi connectivity index (χ4v) is 2.14. The maximum Gasteiger partial charge on any atom is 0.242 e. The van der Waals surface area contributed by atoms with Crippen molar-refractivity contribution >= 4 is 12.1 Å². The number of hydrogen-bond acceptors (Lipinski definition) is 2. The summed E-state index contributed by atoms with van der Waals surface area (Å²) in [6.45, 7) is 6.04. The second-order valence-corrected chi connectivity index (χ2v) is 4.38. The normalized spacial score (nSPS) is 26.9. The zero-order chi connectivity index (χ0) is 11.3. The first-order valence-corrected chi connectivity index (χ1v) is 5.99. The Morgan fingerprint density at radius 1 is 1.40 bits per heavy atom. The molecule has 1 amide bonds. The van der Waals surface area contributed by atoms with E-state index in [0.717, 1.165) is 18.8 Å². The summed E-state index contributed by atoms with van der Waals surface area (Å²) in [4.78, 5) is 11.7. The van der Waals surface area contributed by atoms with Crippen molar-refractivity contribution in [3.63, 3.8) is 0 Å². The van der Waals surface area contributed by atoms with Crippen LogP contribution in [0.1, 0.15) is 52.9 Å². The van der Waals surface area contributed by atoms with Crippen molar-refractivity contribution in [2.24, 2.45) is 11.0 Å². The molecule has 1 aliphatic carbocycles. The third kappa shape index (κ3) is 3.33. The molecule has 15 heavy (non-hydrogen) atoms. The molecule has 3 heteroatoms. The number of hydrazone groups is 1. The second kappa shape index (κ2) is 5.89. The third-order valence-electron chi connectivity index (χ3n) is 3.13. The lowest BCUT2D eigenvalue weighted by Crippen LogP contribution is -2.38. The minimum atomic E-state index is 0.146. The van der Waals surface area contributed by atoms with Crippen LogP contribution >= 0.6 is 0 Å². The maximum absolute atomic E-state index is 11.7. The van der Waals surface area contributed by atoms with E-state index in [1.54, 1.807) is 11.2 Å². The van der Waals surface area contributed by atoms with Crippen LogP contribution in [0.15, 0.2) is 5.10 Å². The number of amides is 1. The topological polar surface area (TPSA) is 32.7 Å². The summed E-state index contributed by atoms with van der Waals surface area (Å²) in [5, 5.41) is 5.90. The molecule has 0 heterocycles. The molecule has 0 aromatic carbocycles. The van der Waals surface area contributed by atoms with Gasteiger partial charge in [0.15, 0.2) is 0 Å². The van der Waals surface area contributed by atoms with Gasteiger partial charge in [-0.25, -0.2) is 5.01 Å². The highest BCUT2D eigenvalue weighted by atomic mass is 16.2. The fourth-order valence-electron chi connectivity index (χ4n) is 2.14. The molecule has 1 saturated carbocycles. The SMILES string of the molecule is C/C=N/N(C(=O)CC)C1CCC(C)CC1. The van der Waals surface area contributed by atoms with Crippen LogP contribution in [0.4, 0.5) is 0 Å². The van der Waals surface area contributed by atoms with Gasteiger partial charge in [-0.3, -0.25) is 4.79 Å². The predicted molar refractivity (Wildman–Crippen MR) is 62.7 cm³/mol. The Morgan fingerprint density at radius 3 is 2.47 bits per heavy atom. The Morgan fingerprint density at radius 2 is 2.00 bits per heavy atom. The highest BCUT2D eigenvalue weighted by molar-refractivity contribution is 5.76. The van der Waals surface area contributed by atoms with Gasteiger partial charge >= 0.3 is 0 Å². The van der Waals surface area contributed by atoms with E-state index in [0.29, 0.717) is 12.5 Å². The Hall–Kier alpha value is -0.860. The number of carbonyl (C=O) groups is 1. The van der Waals surface area contributed by atoms with Gasteiger partial charge in [0.05, 0.1) is 6.04 Å². The van der Waals surface area contributed by atoms with E-state index in [1.165, 1.54) is 12.8 Å². The molecule has 0 unspecified atom stereocenters. The van der Waals surface area contributed by atoms with E-state index in [4.69, 9.17) is 0 Å². The van der Waals surface area contributed by atoms with Crippen molar-refractivity contribution < 1.29 is 4.79 Å². The van der Waals surface area contributed by atoms with Gasteiger partial charge < -0.3 is 0 Å². The highest BCUT2D eigenvalue weighted by Crippen LogP contribution is 2.27. The predicted octanol–water partition coefficient (Wildman–Crippen LogP) is 2.81. The first-order chi connectivity index (χ1) is 7.19. The van der Waals surface area contributed by atoms with Crippen LogP contribution in [-0.2, 0) is 4.79 Å². The van der Waals surface area contributed by atoms with Crippen LogP contribution in [0, 0.1) is 5.92 Å². The van der Waals surface area contributed by atoms with Gasteiger partial charge in [-0.1, -0.05) is 13.8 Å². The number of carbonyl (C=O) groups excluding carboxylic acids is 1. The minimum absolute atomic E-state index is 0.146. The zero-order valence-electron chi connectivity index (χ0n) is 10.1. The molecule has 86 valence electrons. The molecule has 0 aliphatic heterocycles. The lowest BCUT2D eigenvalue weighted by atomic mass is 9.87. The van der Waals surface area contributed by atoms with Crippen molar-refractivity contribution in [2.75, 3.05) is 0 Å². The lowest BCUT2D eigenvalue weighted by Gasteiger charge is -2.32. The van der Waals surface area contributed by atoms with Crippen LogP contribution in [-0.4, -0.2) is 23.2 Å². The smallest absolute Gasteiger partial charge is 0.242 e. The third-order valence-corrected chi connectivity index (χ3v) is 3.13. The Balaban J connectivity index is 2.60. The van der Waals surface area contributed by atoms with E-state index in [2.05, 4.69) is 12.0 Å². The van der Waals surface area contributed by atoms with Crippen LogP contribution in [0.25, 0.3) is 0 Å². The van der Waals surface area contributed by atoms with E-state index < -0.39 is 0 Å². The summed E-state index contributed by atoms with van der Waals surface area (Å²) >= 11 is 0. The molecule has 1 aliphatic rings. The largest absolute Gasteiger partial charge is 0.273 e. The Labute approximate surface area is 92.5 Å². The molecule has 1 fully saturated rings. The van der Waals surface area contributed by atoms with Gasteiger partial charge in [0.2, 0.25) is 5.91 Å². The van der Waals surface area contributed by atoms with Crippen LogP contribution in [0.5, 0.6) is 0 Å². The summed E-state index contributed by atoms with van der Waals surface area (Å²) in [6, 6.07) is 0.338. The summed E-state index contributed by atoms with van der Waals surface area (Å²) in [5.74, 6) is 0.957. The molecule has 0 atom stereocenters. The summed E-state index contributed by atoms with van der Waals surface area (Å²) in [7, 11) is 0. The number of hydrogen-bond donors (Lipinski definition) is 0. The molecule has 3 nitrogen and oxygen atoms in total. The van der Waals surface area contributed by atoms with Gasteiger partial charge in [-0.05, 0) is 38.5 Å². The monoisotopic (exact) mass is 210 g/mol. The van der Waals surface area contributed by atoms with Crippen molar-refractivity contribution in [3.05, 3.63) is 0 Å². The average Bonchev–Trinajstić information content (AvgIpc) is 2.26. The molecule has 1 rings (SSSR count). The summed E-state index contributed by atoms with van der Waals surface area (Å²) in [6.07, 6.45) is 6.90. The summed E-state index contributed by atoms with van der Waals surface area (Å²) < 4.78 is 0. The first-order valence-electron chi connectivity index (χ1n) is 5.99. The van der Waals surface area contributed by atoms with Crippen molar-refractivity contribution in [2.45, 2.75) is 58.9 Å². The van der Waals surface area contributed by atoms with E-state index in [9.17, 15) is 4.79 Å². The fraction of sp³-hybridized carbons (Fsp3) is 0.833. The van der Waals surface area contributed by atoms with Gasteiger partial charge in [0.25, 0.3) is 0 Å². The van der Waals surface area contributed by atoms with Crippen molar-refractivity contribution in [3.8, 4) is 0 Å². The molecule has 0 saturated heterocycles. The molecule has 0 spiro atoms. The standard InChI is InChI=1S/C12H22N2O/c1-4-12(15)14(13-5-2)11-8-6-10(3)7-9-11/h5,10-11H,4,6-9H2,1-3H3/b13-5+. The van der Waals surface area contributed by atoms with Crippen LogP contribution in [0.3, 0.4) is 0 Å². The molecule has 0 N–H and O–H groups in total. The van der Waals surface area contributed by atoms with Crippen molar-refractivity contribution in [1.29, 1.82) is 0 Å².